The van der Waals surface area contributed by atoms with Crippen LogP contribution in [0.2, 0.25) is 0 Å². The molecular weight excluding hydrogens is 543 g/mol. The number of unbranched alkanes of at least 4 members (excludes halogenated alkanes) is 8. The van der Waals surface area contributed by atoms with Gasteiger partial charge in [-0.3, -0.25) is 4.79 Å². The van der Waals surface area contributed by atoms with Crippen LogP contribution in [-0.2, 0) is 28.2 Å². The van der Waals surface area contributed by atoms with E-state index in [-0.39, 0.29) is 87.4 Å². The molecule has 3 N–H and O–H groups in total. The summed E-state index contributed by atoms with van der Waals surface area (Å²) in [6.07, 6.45) is 12.4. The van der Waals surface area contributed by atoms with E-state index in [1.807, 2.05) is 5.92 Å². The van der Waals surface area contributed by atoms with Crippen molar-refractivity contribution in [2.45, 2.75) is 77.4 Å². The van der Waals surface area contributed by atoms with Crippen LogP contribution in [0.5, 0.6) is 0 Å². The summed E-state index contributed by atoms with van der Waals surface area (Å²) in [5.74, 6) is 22.9. The first-order valence-corrected chi connectivity index (χ1v) is 12.8. The van der Waals surface area contributed by atoms with Crippen LogP contribution in [0.3, 0.4) is 0 Å². The molecule has 12 heteroatoms. The van der Waals surface area contributed by atoms with Crippen LogP contribution in [0, 0.1) is 71.5 Å². The minimum atomic E-state index is -5.51. The van der Waals surface area contributed by atoms with Crippen molar-refractivity contribution in [2.75, 3.05) is 6.61 Å². The van der Waals surface area contributed by atoms with Crippen LogP contribution >= 0.6 is 7.82 Å². The summed E-state index contributed by atoms with van der Waals surface area (Å²) >= 11 is 0. The third-order valence-corrected chi connectivity index (χ3v) is 4.57. The fourth-order valence-electron chi connectivity index (χ4n) is 2.53. The van der Waals surface area contributed by atoms with E-state index in [4.69, 9.17) is 11.2 Å². The van der Waals surface area contributed by atoms with Gasteiger partial charge in [-0.05, 0) is 65.6 Å². The summed E-state index contributed by atoms with van der Waals surface area (Å²) in [5.41, 5.74) is 0. The number of phosphoric ester groups is 1. The van der Waals surface area contributed by atoms with Crippen LogP contribution in [0.4, 0.5) is 0 Å². The molecule has 9 nitrogen and oxygen atoms in total. The van der Waals surface area contributed by atoms with Gasteiger partial charge in [0.05, 0.1) is 7.82 Å². The van der Waals surface area contributed by atoms with Gasteiger partial charge in [-0.2, -0.15) is 0 Å². The normalized spacial score (nSPS) is 9.18. The molecule has 0 fully saturated rings. The number of terminal acetylenes is 1. The summed E-state index contributed by atoms with van der Waals surface area (Å²) in [6, 6.07) is 0. The second-order valence-electron chi connectivity index (χ2n) is 7.04. The maximum atomic E-state index is 11.9. The van der Waals surface area contributed by atoms with Crippen molar-refractivity contribution < 1.29 is 113 Å². The molecule has 0 spiro atoms. The molecule has 0 aliphatic rings. The van der Waals surface area contributed by atoms with Crippen LogP contribution in [-0.4, -0.2) is 24.8 Å². The van der Waals surface area contributed by atoms with Crippen molar-refractivity contribution in [2.24, 2.45) is 0 Å². The molecule has 39 heavy (non-hydrogen) atoms. The molecule has 0 aromatic heterocycles. The first-order valence-electron chi connectivity index (χ1n) is 11.3. The van der Waals surface area contributed by atoms with Gasteiger partial charge >= 0.3 is 71.1 Å². The number of esters is 2. The molecule has 0 rings (SSSR count). The van der Waals surface area contributed by atoms with Crippen LogP contribution < -0.4 is 75.1 Å². The van der Waals surface area contributed by atoms with E-state index in [1.54, 1.807) is 0 Å². The van der Waals surface area contributed by atoms with Gasteiger partial charge in [-0.15, -0.1) is 6.42 Å². The molecule has 0 heterocycles. The van der Waals surface area contributed by atoms with E-state index < -0.39 is 32.7 Å². The van der Waals surface area contributed by atoms with Gasteiger partial charge in [-0.1, -0.05) is 58.3 Å². The van der Waals surface area contributed by atoms with E-state index in [2.05, 4.69) is 75.4 Å². The zero-order valence-corrected chi connectivity index (χ0v) is 27.7. The zero-order valence-electron chi connectivity index (χ0n) is 22.9. The zero-order chi connectivity index (χ0) is 26.9. The van der Waals surface area contributed by atoms with Gasteiger partial charge in [0, 0.05) is 28.0 Å². The van der Waals surface area contributed by atoms with Crippen molar-refractivity contribution in [3.05, 3.63) is 0 Å². The molecular formula is C27H52NNa2O8P. The third-order valence-electron chi connectivity index (χ3n) is 4.08. The molecule has 0 saturated heterocycles. The fraction of sp³-hybridized carbons (Fsp3) is 0.481. The largest absolute Gasteiger partial charge is 1.00 e. The Labute approximate surface area is 292 Å². The number of phosphoric acid groups is 1. The fourth-order valence-corrected chi connectivity index (χ4v) is 2.92. The average molecular weight is 596 g/mol. The summed E-state index contributed by atoms with van der Waals surface area (Å²) < 4.78 is 24.5. The molecule has 0 radical (unpaired) electrons. The smallest absolute Gasteiger partial charge is 0.790 e. The maximum absolute atomic E-state index is 11.9. The minimum absolute atomic E-state index is 0. The Morgan fingerprint density at radius 3 is 1.77 bits per heavy atom. The Hall–Kier alpha value is -1.63. The molecule has 0 aromatic carbocycles. The number of rotatable bonds is 15. The number of ether oxygens (including phenoxy) is 2. The Morgan fingerprint density at radius 2 is 1.28 bits per heavy atom. The van der Waals surface area contributed by atoms with E-state index in [0.29, 0.717) is 6.42 Å². The molecule has 0 unspecified atom stereocenters. The van der Waals surface area contributed by atoms with Gasteiger partial charge < -0.3 is 34.5 Å². The van der Waals surface area contributed by atoms with Gasteiger partial charge in [-0.25, -0.2) is 4.79 Å². The summed E-state index contributed by atoms with van der Waals surface area (Å²) in [5, 5.41) is 0. The predicted molar refractivity (Wildman–Crippen MR) is 157 cm³/mol. The number of hydrogen-bond acceptors (Lipinski definition) is 9. The first kappa shape index (κ1) is 44.4. The van der Waals surface area contributed by atoms with Crippen molar-refractivity contribution in [1.29, 1.82) is 0 Å². The SMILES string of the molecule is C#CC#CC#CC#CC#CC#CC(=O)OC[C@H](OC(=O)CCCCCCCCCCC)OP(=O)([O-])[O-].N.[HH].[HH].[HH].[HH].[HH].[HH].[HH].[HH].[HH].[HH].[HH].[Na+].[Na+]. The van der Waals surface area contributed by atoms with Crippen LogP contribution in [0.15, 0.2) is 0 Å². The standard InChI is InChI=1S/C27H29O8P.H3N.2Na.11H2/c1-3-5-7-9-11-13-15-16-18-20-22-25(28)33-24-27(35-36(30,31)32)34-26(29)23-21-19-17-14-12-10-8-6-4-2;;;;;;;;;;;;;;/h1,27H,4,6,8,10,12,14,17,19,21,23-24H2,2H3,(H2,30,31,32);1H3;;;11*1H/q;;2*+1;;;;;;;;;;;/p-2/t27-;;;;;;;;;;;;;;/m1............../s1. The van der Waals surface area contributed by atoms with Gasteiger partial charge in [0.15, 0.2) is 6.61 Å². The maximum Gasteiger partial charge on any atom is 1.00 e. The Kier molecular flexibility index (Phi) is 35.2. The Balaban J connectivity index is -0.0000000673. The van der Waals surface area contributed by atoms with Gasteiger partial charge in [0.1, 0.15) is 0 Å². The topological polar surface area (TPSA) is 160 Å². The first-order chi connectivity index (χ1) is 17.3. The summed E-state index contributed by atoms with van der Waals surface area (Å²) in [7, 11) is -5.51. The van der Waals surface area contributed by atoms with Crippen molar-refractivity contribution in [3.8, 4) is 71.5 Å². The second-order valence-corrected chi connectivity index (χ2v) is 8.15. The average Bonchev–Trinajstić information content (AvgIpc) is 2.81. The molecule has 0 aliphatic carbocycles. The van der Waals surface area contributed by atoms with E-state index in [0.717, 1.165) is 25.7 Å². The number of carbonyl (C=O) groups is 2. The monoisotopic (exact) mass is 595 g/mol. The Morgan fingerprint density at radius 1 is 0.821 bits per heavy atom. The van der Waals surface area contributed by atoms with Crippen LogP contribution in [0.1, 0.15) is 86.8 Å². The second kappa shape index (κ2) is 30.9. The Bertz CT molecular complexity index is 1160. The van der Waals surface area contributed by atoms with Crippen molar-refractivity contribution in [1.82, 2.24) is 6.15 Å². The molecule has 0 saturated carbocycles. The molecule has 0 aliphatic heterocycles. The summed E-state index contributed by atoms with van der Waals surface area (Å²) in [4.78, 5) is 45.4. The van der Waals surface area contributed by atoms with Gasteiger partial charge in [0.25, 0.3) is 0 Å². The van der Waals surface area contributed by atoms with E-state index in [9.17, 15) is 23.9 Å². The molecule has 220 valence electrons. The van der Waals surface area contributed by atoms with Gasteiger partial charge in [0.2, 0.25) is 6.29 Å². The molecule has 0 bridgehead atoms. The van der Waals surface area contributed by atoms with Crippen molar-refractivity contribution in [3.63, 3.8) is 0 Å². The third kappa shape index (κ3) is 34.3. The molecule has 0 amide bonds. The molecule has 1 atom stereocenters. The minimum Gasteiger partial charge on any atom is -0.790 e. The van der Waals surface area contributed by atoms with Crippen molar-refractivity contribution >= 4 is 19.8 Å². The quantitative estimate of drug-likeness (QED) is 0.0461. The van der Waals surface area contributed by atoms with E-state index >= 15 is 0 Å². The van der Waals surface area contributed by atoms with E-state index in [1.165, 1.54) is 25.7 Å². The number of hydrogen-bond donors (Lipinski definition) is 1. The summed E-state index contributed by atoms with van der Waals surface area (Å²) in [6.45, 7) is 1.32. The van der Waals surface area contributed by atoms with Crippen LogP contribution in [0.25, 0.3) is 0 Å². The number of carbonyl (C=O) groups excluding carboxylic acids is 2. The predicted octanol–water partition coefficient (Wildman–Crippen LogP) is -1.31. The molecule has 0 aromatic rings.